The van der Waals surface area contributed by atoms with Crippen LogP contribution in [0.2, 0.25) is 5.02 Å². The van der Waals surface area contributed by atoms with Crippen LogP contribution in [0.1, 0.15) is 55.6 Å². The summed E-state index contributed by atoms with van der Waals surface area (Å²) in [7, 11) is -3.68. The molecule has 0 saturated carbocycles. The van der Waals surface area contributed by atoms with E-state index in [1.165, 1.54) is 6.07 Å². The molecule has 0 aromatic heterocycles. The van der Waals surface area contributed by atoms with Crippen molar-refractivity contribution in [2.45, 2.75) is 61.0 Å². The van der Waals surface area contributed by atoms with E-state index >= 15 is 0 Å². The highest BCUT2D eigenvalue weighted by molar-refractivity contribution is 7.91. The van der Waals surface area contributed by atoms with E-state index in [4.69, 9.17) is 21.1 Å². The molecule has 43 heavy (non-hydrogen) atoms. The molecule has 0 radical (unpaired) electrons. The van der Waals surface area contributed by atoms with Crippen LogP contribution in [0.15, 0.2) is 76.5 Å². The Morgan fingerprint density at radius 3 is 2.30 bits per heavy atom. The van der Waals surface area contributed by atoms with Gasteiger partial charge in [0.25, 0.3) is 5.91 Å². The van der Waals surface area contributed by atoms with Crippen LogP contribution in [-0.4, -0.2) is 80.1 Å². The van der Waals surface area contributed by atoms with Gasteiger partial charge in [-0.15, -0.1) is 0 Å². The molecule has 3 aliphatic rings. The number of carbonyl (C=O) groups excluding carboxylic acids is 1. The quantitative estimate of drug-likeness (QED) is 0.350. The first kappa shape index (κ1) is 29.9. The van der Waals surface area contributed by atoms with Crippen LogP contribution in [0.4, 0.5) is 0 Å². The van der Waals surface area contributed by atoms with E-state index in [1.54, 1.807) is 36.4 Å². The van der Waals surface area contributed by atoms with Crippen molar-refractivity contribution in [3.8, 4) is 11.5 Å². The van der Waals surface area contributed by atoms with Crippen LogP contribution in [0.5, 0.6) is 11.5 Å². The van der Waals surface area contributed by atoms with Crippen LogP contribution in [0, 0.1) is 0 Å². The lowest BCUT2D eigenvalue weighted by molar-refractivity contribution is -0.0277. The number of piperazine rings is 1. The Kier molecular flexibility index (Phi) is 8.19. The summed E-state index contributed by atoms with van der Waals surface area (Å²) in [6, 6.07) is 19.7. The number of benzene rings is 3. The van der Waals surface area contributed by atoms with Crippen LogP contribution in [0.25, 0.3) is 0 Å². The van der Waals surface area contributed by atoms with Gasteiger partial charge in [0, 0.05) is 56.4 Å². The summed E-state index contributed by atoms with van der Waals surface area (Å²) in [6.45, 7) is 11.1. The number of amides is 1. The van der Waals surface area contributed by atoms with E-state index in [1.807, 2.05) is 29.2 Å². The second kappa shape index (κ2) is 11.8. The van der Waals surface area contributed by atoms with Gasteiger partial charge in [-0.3, -0.25) is 14.6 Å². The predicted octanol–water partition coefficient (Wildman–Crippen LogP) is 5.66. The van der Waals surface area contributed by atoms with Crippen molar-refractivity contribution in [2.24, 2.45) is 0 Å². The third-order valence-corrected chi connectivity index (χ3v) is 11.6. The monoisotopic (exact) mass is 623 g/mol. The van der Waals surface area contributed by atoms with E-state index in [0.29, 0.717) is 41.2 Å². The topological polar surface area (TPSA) is 79.4 Å². The third kappa shape index (κ3) is 5.76. The van der Waals surface area contributed by atoms with Gasteiger partial charge < -0.3 is 14.4 Å². The summed E-state index contributed by atoms with van der Waals surface area (Å²) >= 11 is 6.29. The van der Waals surface area contributed by atoms with Crippen molar-refractivity contribution in [3.63, 3.8) is 0 Å². The first-order valence-corrected chi connectivity index (χ1v) is 16.7. The van der Waals surface area contributed by atoms with E-state index in [0.717, 1.165) is 38.0 Å². The molecule has 3 heterocycles. The summed E-state index contributed by atoms with van der Waals surface area (Å²) in [5, 5.41) is 0.501. The van der Waals surface area contributed by atoms with Crippen molar-refractivity contribution in [1.82, 2.24) is 14.7 Å². The van der Waals surface area contributed by atoms with Crippen LogP contribution < -0.4 is 9.47 Å². The van der Waals surface area contributed by atoms with Crippen LogP contribution in [0.3, 0.4) is 0 Å². The van der Waals surface area contributed by atoms with Gasteiger partial charge in [-0.05, 0) is 75.6 Å². The average molecular weight is 624 g/mol. The number of likely N-dealkylation sites (tertiary alicyclic amines) is 1. The molecule has 6 rings (SSSR count). The molecule has 2 fully saturated rings. The van der Waals surface area contributed by atoms with E-state index < -0.39 is 9.84 Å². The summed E-state index contributed by atoms with van der Waals surface area (Å²) in [5.41, 5.74) is 1.69. The highest BCUT2D eigenvalue weighted by atomic mass is 35.5. The smallest absolute Gasteiger partial charge is 0.255 e. The zero-order valence-corrected chi connectivity index (χ0v) is 26.4. The van der Waals surface area contributed by atoms with E-state index in [9.17, 15) is 13.2 Å². The summed E-state index contributed by atoms with van der Waals surface area (Å²) in [5.74, 6) is 1.01. The lowest BCUT2D eigenvalue weighted by atomic mass is 9.86. The molecular formula is C33H38ClN3O5S. The Morgan fingerprint density at radius 2 is 1.60 bits per heavy atom. The maximum absolute atomic E-state index is 13.3. The second-order valence-corrected chi connectivity index (χ2v) is 14.4. The van der Waals surface area contributed by atoms with Crippen molar-refractivity contribution in [1.29, 1.82) is 0 Å². The Hall–Kier alpha value is -3.11. The third-order valence-electron chi connectivity index (χ3n) is 9.50. The Morgan fingerprint density at radius 1 is 0.930 bits per heavy atom. The molecular weight excluding hydrogens is 586 g/mol. The van der Waals surface area contributed by atoms with Gasteiger partial charge in [-0.1, -0.05) is 35.9 Å². The molecule has 3 aliphatic heterocycles. The fraction of sp³-hybridized carbons (Fsp3) is 0.424. The minimum atomic E-state index is -3.68. The SMILES string of the molecule is C[C@@H]1CN(C2(C)CCN(C(=O)c3ccccc3Cl)CC2)CCN1[C@@H](C)c1ccc(S(=O)(=O)c2ccc3c(c2)OCO3)cc1. The minimum Gasteiger partial charge on any atom is -0.454 e. The molecule has 2 saturated heterocycles. The average Bonchev–Trinajstić information content (AvgIpc) is 3.49. The number of hydrogen-bond acceptors (Lipinski definition) is 7. The number of rotatable bonds is 6. The molecule has 0 unspecified atom stereocenters. The molecule has 0 N–H and O–H groups in total. The molecule has 3 aromatic carbocycles. The highest BCUT2D eigenvalue weighted by Gasteiger charge is 2.40. The maximum atomic E-state index is 13.3. The molecule has 3 aromatic rings. The number of fused-ring (bicyclic) bond motifs is 1. The number of hydrogen-bond donors (Lipinski definition) is 0. The first-order chi connectivity index (χ1) is 20.6. The number of piperidine rings is 1. The number of ether oxygens (including phenoxy) is 2. The fourth-order valence-corrected chi connectivity index (χ4v) is 8.14. The fourth-order valence-electron chi connectivity index (χ4n) is 6.65. The van der Waals surface area contributed by atoms with Crippen molar-refractivity contribution in [2.75, 3.05) is 39.5 Å². The second-order valence-electron chi connectivity index (χ2n) is 12.1. The molecule has 10 heteroatoms. The number of halogens is 1. The molecule has 2 atom stereocenters. The van der Waals surface area contributed by atoms with Gasteiger partial charge in [0.2, 0.25) is 16.6 Å². The van der Waals surface area contributed by atoms with E-state index in [-0.39, 0.29) is 34.1 Å². The molecule has 1 amide bonds. The largest absolute Gasteiger partial charge is 0.454 e. The Bertz CT molecular complexity index is 1600. The summed E-state index contributed by atoms with van der Waals surface area (Å²) in [4.78, 5) is 20.6. The van der Waals surface area contributed by atoms with Gasteiger partial charge in [0.05, 0.1) is 20.4 Å². The Labute approximate surface area is 259 Å². The number of sulfone groups is 1. The van der Waals surface area contributed by atoms with Gasteiger partial charge in [-0.25, -0.2) is 8.42 Å². The number of nitrogens with zero attached hydrogens (tertiary/aromatic N) is 3. The highest BCUT2D eigenvalue weighted by Crippen LogP contribution is 2.37. The van der Waals surface area contributed by atoms with Crippen molar-refractivity contribution in [3.05, 3.63) is 82.9 Å². The van der Waals surface area contributed by atoms with Crippen LogP contribution >= 0.6 is 11.6 Å². The van der Waals surface area contributed by atoms with Crippen molar-refractivity contribution >= 4 is 27.3 Å². The van der Waals surface area contributed by atoms with Gasteiger partial charge >= 0.3 is 0 Å². The first-order valence-electron chi connectivity index (χ1n) is 14.9. The lowest BCUT2D eigenvalue weighted by Gasteiger charge is -2.52. The van der Waals surface area contributed by atoms with Crippen molar-refractivity contribution < 1.29 is 22.7 Å². The standard InChI is InChI=1S/C33H38ClN3O5S/c1-23-21-36(33(3)14-16-35(17-15-33)32(38)28-6-4-5-7-29(28)34)18-19-37(23)24(2)25-8-10-26(11-9-25)43(39,40)27-12-13-30-31(20-27)42-22-41-30/h4-13,20,23-24H,14-19,21-22H2,1-3H3/t23-,24+/m1/s1. The molecule has 0 aliphatic carbocycles. The predicted molar refractivity (Wildman–Crippen MR) is 166 cm³/mol. The zero-order valence-electron chi connectivity index (χ0n) is 24.8. The lowest BCUT2D eigenvalue weighted by Crippen LogP contribution is -2.62. The normalized spacial score (nSPS) is 21.5. The maximum Gasteiger partial charge on any atom is 0.255 e. The molecule has 228 valence electrons. The number of carbonyl (C=O) groups is 1. The van der Waals surface area contributed by atoms with Gasteiger partial charge in [-0.2, -0.15) is 0 Å². The summed E-state index contributed by atoms with van der Waals surface area (Å²) < 4.78 is 37.3. The molecule has 0 spiro atoms. The van der Waals surface area contributed by atoms with Gasteiger partial charge in [0.15, 0.2) is 11.5 Å². The minimum absolute atomic E-state index is 0.00868. The Balaban J connectivity index is 1.07. The molecule has 8 nitrogen and oxygen atoms in total. The summed E-state index contributed by atoms with van der Waals surface area (Å²) in [6.07, 6.45) is 1.84. The van der Waals surface area contributed by atoms with E-state index in [2.05, 4.69) is 30.6 Å². The van der Waals surface area contributed by atoms with Gasteiger partial charge in [0.1, 0.15) is 0 Å². The zero-order chi connectivity index (χ0) is 30.4. The molecule has 0 bridgehead atoms. The van der Waals surface area contributed by atoms with Crippen LogP contribution in [-0.2, 0) is 9.84 Å².